The lowest BCUT2D eigenvalue weighted by molar-refractivity contribution is -0.106. The normalized spacial score (nSPS) is 12.3. The van der Waals surface area contributed by atoms with Crippen molar-refractivity contribution in [3.8, 4) is 0 Å². The van der Waals surface area contributed by atoms with Gasteiger partial charge in [-0.3, -0.25) is 0 Å². The van der Waals surface area contributed by atoms with E-state index in [1.54, 1.807) is 6.92 Å². The van der Waals surface area contributed by atoms with Crippen LogP contribution in [0.3, 0.4) is 0 Å². The lowest BCUT2D eigenvalue weighted by Gasteiger charge is -2.11. The van der Waals surface area contributed by atoms with Gasteiger partial charge in [-0.15, -0.1) is 0 Å². The Morgan fingerprint density at radius 1 is 1.64 bits per heavy atom. The Morgan fingerprint density at radius 3 is 2.73 bits per heavy atom. The highest BCUT2D eigenvalue weighted by Gasteiger charge is 2.08. The van der Waals surface area contributed by atoms with Gasteiger partial charge in [0.25, 0.3) is 0 Å². The van der Waals surface area contributed by atoms with Crippen LogP contribution in [-0.2, 0) is 14.2 Å². The Hall–Kier alpha value is -0.770. The fourth-order valence-electron chi connectivity index (χ4n) is 0.522. The molecule has 4 heteroatoms. The van der Waals surface area contributed by atoms with Crippen molar-refractivity contribution in [3.63, 3.8) is 0 Å². The second-order valence-corrected chi connectivity index (χ2v) is 1.74. The minimum Gasteiger partial charge on any atom is -0.434 e. The Kier molecular flexibility index (Phi) is 5.56. The molecule has 0 aromatic rings. The third-order valence-electron chi connectivity index (χ3n) is 0.883. The third kappa shape index (κ3) is 5.66. The van der Waals surface area contributed by atoms with Gasteiger partial charge < -0.3 is 14.2 Å². The van der Waals surface area contributed by atoms with Crippen molar-refractivity contribution in [2.45, 2.75) is 20.1 Å². The van der Waals surface area contributed by atoms with Gasteiger partial charge >= 0.3 is 6.16 Å². The molecule has 0 spiro atoms. The molecule has 0 fully saturated rings. The van der Waals surface area contributed by atoms with Gasteiger partial charge in [-0.25, -0.2) is 4.79 Å². The van der Waals surface area contributed by atoms with Gasteiger partial charge in [0.2, 0.25) is 6.29 Å². The highest BCUT2D eigenvalue weighted by Crippen LogP contribution is 1.95. The predicted molar refractivity (Wildman–Crippen MR) is 38.9 cm³/mol. The molecule has 1 unspecified atom stereocenters. The molecule has 0 rings (SSSR count). The molecule has 0 amide bonds. The van der Waals surface area contributed by atoms with Crippen LogP contribution < -0.4 is 0 Å². The molecule has 0 aliphatic carbocycles. The van der Waals surface area contributed by atoms with Crippen LogP contribution in [0.15, 0.2) is 0 Å². The molecule has 0 aromatic carbocycles. The summed E-state index contributed by atoms with van der Waals surface area (Å²) >= 11 is 0. The summed E-state index contributed by atoms with van der Waals surface area (Å²) in [5.74, 6) is 0. The van der Waals surface area contributed by atoms with Crippen LogP contribution in [0.25, 0.3) is 0 Å². The van der Waals surface area contributed by atoms with E-state index < -0.39 is 12.4 Å². The zero-order valence-electron chi connectivity index (χ0n) is 6.83. The number of ether oxygens (including phenoxy) is 3. The first-order chi connectivity index (χ1) is 5.20. The summed E-state index contributed by atoms with van der Waals surface area (Å²) in [4.78, 5) is 10.6. The Balaban J connectivity index is 3.40. The molecule has 1 atom stereocenters. The van der Waals surface area contributed by atoms with E-state index in [0.29, 0.717) is 6.61 Å². The smallest absolute Gasteiger partial charge is 0.434 e. The van der Waals surface area contributed by atoms with E-state index in [1.165, 1.54) is 0 Å². The van der Waals surface area contributed by atoms with Crippen molar-refractivity contribution in [2.24, 2.45) is 0 Å². The average Bonchev–Trinajstić information content (AvgIpc) is 1.87. The summed E-state index contributed by atoms with van der Waals surface area (Å²) in [5, 5.41) is 0. The molecule has 0 aromatic heterocycles. The topological polar surface area (TPSA) is 44.8 Å². The van der Waals surface area contributed by atoms with Crippen LogP contribution in [0.4, 0.5) is 4.79 Å². The Labute approximate surface area is 66.4 Å². The van der Waals surface area contributed by atoms with Gasteiger partial charge in [-0.05, 0) is 20.8 Å². The van der Waals surface area contributed by atoms with Crippen molar-refractivity contribution in [1.82, 2.24) is 0 Å². The van der Waals surface area contributed by atoms with Gasteiger partial charge in [0, 0.05) is 6.61 Å². The van der Waals surface area contributed by atoms with Crippen molar-refractivity contribution in [1.29, 1.82) is 0 Å². The summed E-state index contributed by atoms with van der Waals surface area (Å²) in [6.07, 6.45) is -1.31. The van der Waals surface area contributed by atoms with Gasteiger partial charge in [0.15, 0.2) is 0 Å². The maximum absolute atomic E-state index is 10.6. The minimum atomic E-state index is -0.749. The third-order valence-corrected chi connectivity index (χ3v) is 0.883. The highest BCUT2D eigenvalue weighted by atomic mass is 16.8. The number of hydrogen-bond donors (Lipinski definition) is 0. The van der Waals surface area contributed by atoms with E-state index in [1.807, 2.05) is 6.92 Å². The van der Waals surface area contributed by atoms with Crippen molar-refractivity contribution in [2.75, 3.05) is 13.2 Å². The molecule has 0 N–H and O–H groups in total. The molecule has 0 aliphatic rings. The fourth-order valence-corrected chi connectivity index (χ4v) is 0.522. The first-order valence-electron chi connectivity index (χ1n) is 3.45. The Morgan fingerprint density at radius 2 is 2.27 bits per heavy atom. The minimum absolute atomic E-state index is 0.0671. The molecule has 0 heterocycles. The zero-order valence-corrected chi connectivity index (χ0v) is 6.83. The maximum Gasteiger partial charge on any atom is 0.510 e. The summed E-state index contributed by atoms with van der Waals surface area (Å²) in [5.41, 5.74) is 0. The second-order valence-electron chi connectivity index (χ2n) is 1.74. The van der Waals surface area contributed by atoms with Crippen molar-refractivity contribution >= 4 is 6.16 Å². The van der Waals surface area contributed by atoms with E-state index in [0.717, 1.165) is 0 Å². The first-order valence-corrected chi connectivity index (χ1v) is 3.45. The van der Waals surface area contributed by atoms with Gasteiger partial charge in [-0.2, -0.15) is 0 Å². The molecule has 65 valence electrons. The predicted octanol–water partition coefficient (Wildman–Crippen LogP) is 1.36. The highest BCUT2D eigenvalue weighted by molar-refractivity contribution is 5.59. The lowest BCUT2D eigenvalue weighted by Crippen LogP contribution is -2.18. The van der Waals surface area contributed by atoms with Crippen molar-refractivity contribution < 1.29 is 19.0 Å². The molecule has 1 radical (unpaired) electrons. The van der Waals surface area contributed by atoms with Crippen molar-refractivity contribution in [3.05, 3.63) is 6.92 Å². The van der Waals surface area contributed by atoms with Crippen LogP contribution in [0.2, 0.25) is 0 Å². The summed E-state index contributed by atoms with van der Waals surface area (Å²) in [6.45, 7) is 7.31. The monoisotopic (exact) mass is 161 g/mol. The fraction of sp³-hybridized carbons (Fsp3) is 0.714. The maximum atomic E-state index is 10.6. The number of hydrogen-bond acceptors (Lipinski definition) is 4. The molecule has 0 saturated carbocycles. The summed E-state index contributed by atoms with van der Waals surface area (Å²) < 4.78 is 13.9. The number of carbonyl (C=O) groups is 1. The molecule has 11 heavy (non-hydrogen) atoms. The Bertz CT molecular complexity index is 113. The summed E-state index contributed by atoms with van der Waals surface area (Å²) in [7, 11) is 0. The molecule has 0 aliphatic heterocycles. The van der Waals surface area contributed by atoms with E-state index in [4.69, 9.17) is 4.74 Å². The van der Waals surface area contributed by atoms with Crippen LogP contribution >= 0.6 is 0 Å². The van der Waals surface area contributed by atoms with Crippen LogP contribution in [0.1, 0.15) is 13.8 Å². The molecule has 0 bridgehead atoms. The first kappa shape index (κ1) is 10.2. The lowest BCUT2D eigenvalue weighted by atomic mass is 10.7. The molecule has 0 saturated heterocycles. The van der Waals surface area contributed by atoms with E-state index in [-0.39, 0.29) is 6.61 Å². The molecular formula is C7H13O4. The van der Waals surface area contributed by atoms with Gasteiger partial charge in [0.1, 0.15) is 0 Å². The number of rotatable bonds is 4. The average molecular weight is 161 g/mol. The molecular weight excluding hydrogens is 148 g/mol. The van der Waals surface area contributed by atoms with Crippen LogP contribution in [0, 0.1) is 6.92 Å². The molecule has 4 nitrogen and oxygen atoms in total. The quantitative estimate of drug-likeness (QED) is 0.461. The number of carbonyl (C=O) groups excluding carboxylic acids is 1. The SMILES string of the molecule is [CH2]COC(=O)OC(C)OCC. The standard InChI is InChI=1S/C7H13O4/c1-4-9-6(3)11-7(8)10-5-2/h6H,2,4-5H2,1,3H3. The van der Waals surface area contributed by atoms with Gasteiger partial charge in [-0.1, -0.05) is 0 Å². The van der Waals surface area contributed by atoms with Gasteiger partial charge in [0.05, 0.1) is 6.61 Å². The van der Waals surface area contributed by atoms with E-state index in [2.05, 4.69) is 16.4 Å². The second kappa shape index (κ2) is 5.97. The van der Waals surface area contributed by atoms with Crippen LogP contribution in [-0.4, -0.2) is 25.7 Å². The van der Waals surface area contributed by atoms with E-state index >= 15 is 0 Å². The summed E-state index contributed by atoms with van der Waals surface area (Å²) in [6, 6.07) is 0. The van der Waals surface area contributed by atoms with E-state index in [9.17, 15) is 4.79 Å². The van der Waals surface area contributed by atoms with Crippen LogP contribution in [0.5, 0.6) is 0 Å². The largest absolute Gasteiger partial charge is 0.510 e. The zero-order chi connectivity index (χ0) is 8.69.